The highest BCUT2D eigenvalue weighted by atomic mass is 19.1. The van der Waals surface area contributed by atoms with Crippen molar-refractivity contribution in [2.24, 2.45) is 0 Å². The molecule has 1 saturated carbocycles. The maximum absolute atomic E-state index is 13.1. The Labute approximate surface area is 147 Å². The molecule has 1 aliphatic rings. The molecular formula is C20H22FNO3. The van der Waals surface area contributed by atoms with Gasteiger partial charge < -0.3 is 14.4 Å². The zero-order valence-corrected chi connectivity index (χ0v) is 14.4. The Balaban J connectivity index is 1.65. The van der Waals surface area contributed by atoms with Crippen LogP contribution in [0.3, 0.4) is 0 Å². The van der Waals surface area contributed by atoms with Gasteiger partial charge in [0, 0.05) is 12.6 Å². The summed E-state index contributed by atoms with van der Waals surface area (Å²) in [6.45, 7) is 2.23. The zero-order chi connectivity index (χ0) is 17.8. The van der Waals surface area contributed by atoms with Crippen LogP contribution in [0.5, 0.6) is 11.5 Å². The van der Waals surface area contributed by atoms with Crippen LogP contribution >= 0.6 is 0 Å². The molecule has 2 aromatic rings. The first kappa shape index (κ1) is 17.3. The Bertz CT molecular complexity index is 711. The number of halogens is 1. The molecule has 0 radical (unpaired) electrons. The summed E-state index contributed by atoms with van der Waals surface area (Å²) in [4.78, 5) is 14.7. The largest absolute Gasteiger partial charge is 0.497 e. The Morgan fingerprint density at radius 1 is 1.12 bits per heavy atom. The lowest BCUT2D eigenvalue weighted by Crippen LogP contribution is -2.41. The average molecular weight is 343 g/mol. The molecule has 0 N–H and O–H groups in total. The maximum Gasteiger partial charge on any atom is 0.263 e. The Hall–Kier alpha value is -2.56. The molecule has 5 heteroatoms. The van der Waals surface area contributed by atoms with Gasteiger partial charge in [0.15, 0.2) is 6.10 Å². The fourth-order valence-electron chi connectivity index (χ4n) is 2.70. The first-order valence-corrected chi connectivity index (χ1v) is 8.42. The number of methoxy groups -OCH3 is 1. The number of hydrogen-bond donors (Lipinski definition) is 0. The Kier molecular flexibility index (Phi) is 5.22. The third kappa shape index (κ3) is 4.50. The van der Waals surface area contributed by atoms with E-state index in [-0.39, 0.29) is 17.8 Å². The van der Waals surface area contributed by atoms with E-state index in [4.69, 9.17) is 9.47 Å². The van der Waals surface area contributed by atoms with E-state index in [1.807, 2.05) is 4.90 Å². The fourth-order valence-corrected chi connectivity index (χ4v) is 2.70. The van der Waals surface area contributed by atoms with Crippen molar-refractivity contribution in [3.63, 3.8) is 0 Å². The van der Waals surface area contributed by atoms with E-state index in [0.29, 0.717) is 12.3 Å². The molecule has 0 aromatic heterocycles. The van der Waals surface area contributed by atoms with Crippen molar-refractivity contribution in [1.82, 2.24) is 4.90 Å². The smallest absolute Gasteiger partial charge is 0.263 e. The van der Waals surface area contributed by atoms with E-state index < -0.39 is 6.10 Å². The lowest BCUT2D eigenvalue weighted by molar-refractivity contribution is -0.139. The molecule has 0 saturated heterocycles. The van der Waals surface area contributed by atoms with E-state index >= 15 is 0 Å². The molecule has 1 aliphatic carbocycles. The molecule has 25 heavy (non-hydrogen) atoms. The first-order chi connectivity index (χ1) is 12.1. The number of hydrogen-bond acceptors (Lipinski definition) is 3. The van der Waals surface area contributed by atoms with Gasteiger partial charge in [-0.15, -0.1) is 0 Å². The van der Waals surface area contributed by atoms with Crippen molar-refractivity contribution in [3.8, 4) is 11.5 Å². The molecule has 1 fully saturated rings. The van der Waals surface area contributed by atoms with Crippen LogP contribution in [0, 0.1) is 5.82 Å². The summed E-state index contributed by atoms with van der Waals surface area (Å²) < 4.78 is 24.0. The normalized spacial score (nSPS) is 14.7. The van der Waals surface area contributed by atoms with E-state index in [1.54, 1.807) is 50.4 Å². The molecular weight excluding hydrogens is 321 g/mol. The van der Waals surface area contributed by atoms with Gasteiger partial charge in [0.1, 0.15) is 17.3 Å². The summed E-state index contributed by atoms with van der Waals surface area (Å²) >= 11 is 0. The number of carbonyl (C=O) groups excluding carboxylic acids is 1. The molecule has 1 amide bonds. The number of nitrogens with zero attached hydrogens (tertiary/aromatic N) is 1. The predicted molar refractivity (Wildman–Crippen MR) is 93.1 cm³/mol. The van der Waals surface area contributed by atoms with Crippen molar-refractivity contribution >= 4 is 5.91 Å². The summed E-state index contributed by atoms with van der Waals surface area (Å²) in [6.07, 6.45) is 1.42. The van der Waals surface area contributed by atoms with Gasteiger partial charge in [-0.25, -0.2) is 4.39 Å². The van der Waals surface area contributed by atoms with Crippen LogP contribution in [0.25, 0.3) is 0 Å². The van der Waals surface area contributed by atoms with Crippen LogP contribution in [0.15, 0.2) is 48.5 Å². The van der Waals surface area contributed by atoms with E-state index in [1.165, 1.54) is 12.1 Å². The van der Waals surface area contributed by atoms with Gasteiger partial charge in [0.05, 0.1) is 7.11 Å². The molecule has 0 bridgehead atoms. The topological polar surface area (TPSA) is 38.8 Å². The minimum absolute atomic E-state index is 0.0531. The molecule has 4 nitrogen and oxygen atoms in total. The Morgan fingerprint density at radius 2 is 1.72 bits per heavy atom. The van der Waals surface area contributed by atoms with Crippen molar-refractivity contribution < 1.29 is 18.7 Å². The van der Waals surface area contributed by atoms with Gasteiger partial charge in [-0.05, 0) is 61.7 Å². The summed E-state index contributed by atoms with van der Waals surface area (Å²) in [5, 5.41) is 0. The van der Waals surface area contributed by atoms with Crippen molar-refractivity contribution in [2.75, 3.05) is 7.11 Å². The van der Waals surface area contributed by atoms with E-state index in [9.17, 15) is 9.18 Å². The van der Waals surface area contributed by atoms with E-state index in [2.05, 4.69) is 0 Å². The highest BCUT2D eigenvalue weighted by Gasteiger charge is 2.35. The second-order valence-electron chi connectivity index (χ2n) is 6.26. The van der Waals surface area contributed by atoms with Gasteiger partial charge in [0.25, 0.3) is 5.91 Å². The molecule has 1 atom stereocenters. The fraction of sp³-hybridized carbons (Fsp3) is 0.350. The van der Waals surface area contributed by atoms with Crippen LogP contribution < -0.4 is 9.47 Å². The Morgan fingerprint density at radius 3 is 2.28 bits per heavy atom. The van der Waals surface area contributed by atoms with Crippen LogP contribution in [-0.4, -0.2) is 30.1 Å². The molecule has 0 aliphatic heterocycles. The summed E-state index contributed by atoms with van der Waals surface area (Å²) in [7, 11) is 1.60. The zero-order valence-electron chi connectivity index (χ0n) is 14.4. The first-order valence-electron chi connectivity index (χ1n) is 8.42. The quantitative estimate of drug-likeness (QED) is 0.768. The predicted octanol–water partition coefficient (Wildman–Crippen LogP) is 3.79. The summed E-state index contributed by atoms with van der Waals surface area (Å²) in [5.74, 6) is 1.04. The van der Waals surface area contributed by atoms with Crippen LogP contribution in [0.2, 0.25) is 0 Å². The van der Waals surface area contributed by atoms with Gasteiger partial charge >= 0.3 is 0 Å². The standard InChI is InChI=1S/C20H22FNO3/c1-14(25-19-11-9-18(24-2)10-12-19)20(23)22(17-7-8-17)13-15-3-5-16(21)6-4-15/h3-6,9-12,14,17H,7-8,13H2,1-2H3. The minimum Gasteiger partial charge on any atom is -0.497 e. The molecule has 3 rings (SSSR count). The summed E-state index contributed by atoms with van der Waals surface area (Å²) in [6, 6.07) is 13.7. The molecule has 132 valence electrons. The number of amides is 1. The van der Waals surface area contributed by atoms with Crippen LogP contribution in [0.1, 0.15) is 25.3 Å². The second-order valence-corrected chi connectivity index (χ2v) is 6.26. The highest BCUT2D eigenvalue weighted by Crippen LogP contribution is 2.29. The number of benzene rings is 2. The molecule has 0 heterocycles. The maximum atomic E-state index is 13.1. The van der Waals surface area contributed by atoms with Gasteiger partial charge in [-0.1, -0.05) is 12.1 Å². The van der Waals surface area contributed by atoms with Crippen molar-refractivity contribution in [2.45, 2.75) is 38.5 Å². The van der Waals surface area contributed by atoms with Gasteiger partial charge in [0.2, 0.25) is 0 Å². The number of ether oxygens (including phenoxy) is 2. The van der Waals surface area contributed by atoms with Gasteiger partial charge in [-0.2, -0.15) is 0 Å². The van der Waals surface area contributed by atoms with Crippen molar-refractivity contribution in [1.29, 1.82) is 0 Å². The minimum atomic E-state index is -0.588. The number of rotatable bonds is 7. The molecule has 0 spiro atoms. The van der Waals surface area contributed by atoms with Crippen LogP contribution in [0.4, 0.5) is 4.39 Å². The van der Waals surface area contributed by atoms with Crippen LogP contribution in [-0.2, 0) is 11.3 Å². The van der Waals surface area contributed by atoms with Crippen molar-refractivity contribution in [3.05, 3.63) is 59.9 Å². The molecule has 1 unspecified atom stereocenters. The highest BCUT2D eigenvalue weighted by molar-refractivity contribution is 5.81. The lowest BCUT2D eigenvalue weighted by Gasteiger charge is -2.26. The SMILES string of the molecule is COc1ccc(OC(C)C(=O)N(Cc2ccc(F)cc2)C2CC2)cc1. The average Bonchev–Trinajstić information content (AvgIpc) is 3.46. The second kappa shape index (κ2) is 7.55. The molecule has 2 aromatic carbocycles. The lowest BCUT2D eigenvalue weighted by atomic mass is 10.2. The monoisotopic (exact) mass is 343 g/mol. The van der Waals surface area contributed by atoms with E-state index in [0.717, 1.165) is 24.2 Å². The third-order valence-electron chi connectivity index (χ3n) is 4.26. The third-order valence-corrected chi connectivity index (χ3v) is 4.26. The number of carbonyl (C=O) groups is 1. The summed E-state index contributed by atoms with van der Waals surface area (Å²) in [5.41, 5.74) is 0.915. The van der Waals surface area contributed by atoms with Gasteiger partial charge in [-0.3, -0.25) is 4.79 Å².